The Bertz CT molecular complexity index is 264. The minimum absolute atomic E-state index is 0.378. The minimum Gasteiger partial charge on any atom is -0.313 e. The Kier molecular flexibility index (Phi) is 8.04. The molecule has 0 radical (unpaired) electrons. The first-order valence-electron chi connectivity index (χ1n) is 7.74. The van der Waals surface area contributed by atoms with Gasteiger partial charge in [-0.3, -0.25) is 4.90 Å². The zero-order valence-electron chi connectivity index (χ0n) is 12.9. The van der Waals surface area contributed by atoms with Crippen LogP contribution in [0, 0.1) is 11.3 Å². The van der Waals surface area contributed by atoms with Gasteiger partial charge in [0.25, 0.3) is 0 Å². The smallest absolute Gasteiger partial charge is 0.0638 e. The second-order valence-electron chi connectivity index (χ2n) is 5.75. The maximum atomic E-state index is 8.69. The van der Waals surface area contributed by atoms with Gasteiger partial charge < -0.3 is 10.2 Å². The van der Waals surface area contributed by atoms with E-state index in [1.807, 2.05) is 0 Å². The molecule has 1 atom stereocenters. The first-order valence-corrected chi connectivity index (χ1v) is 7.74. The van der Waals surface area contributed by atoms with Crippen LogP contribution in [0.1, 0.15) is 40.0 Å². The second kappa shape index (κ2) is 9.30. The van der Waals surface area contributed by atoms with Crippen LogP contribution < -0.4 is 5.32 Å². The Morgan fingerprint density at radius 3 is 2.42 bits per heavy atom. The highest BCUT2D eigenvalue weighted by atomic mass is 15.3. The fourth-order valence-corrected chi connectivity index (χ4v) is 2.58. The van der Waals surface area contributed by atoms with Crippen molar-refractivity contribution in [3.8, 4) is 6.07 Å². The van der Waals surface area contributed by atoms with Crippen LogP contribution in [-0.4, -0.2) is 61.2 Å². The number of hydrogen-bond acceptors (Lipinski definition) is 4. The van der Waals surface area contributed by atoms with E-state index in [2.05, 4.69) is 42.0 Å². The molecular formula is C15H30N4. The summed E-state index contributed by atoms with van der Waals surface area (Å²) in [5, 5.41) is 12.2. The van der Waals surface area contributed by atoms with E-state index < -0.39 is 0 Å². The van der Waals surface area contributed by atoms with Gasteiger partial charge in [-0.05, 0) is 39.8 Å². The Morgan fingerprint density at radius 1 is 1.21 bits per heavy atom. The molecule has 1 N–H and O–H groups in total. The first-order chi connectivity index (χ1) is 9.17. The molecule has 0 aliphatic carbocycles. The normalized spacial score (nSPS) is 19.5. The lowest BCUT2D eigenvalue weighted by atomic mass is 10.1. The average molecular weight is 266 g/mol. The fourth-order valence-electron chi connectivity index (χ4n) is 2.58. The van der Waals surface area contributed by atoms with Crippen molar-refractivity contribution in [1.29, 1.82) is 5.26 Å². The zero-order chi connectivity index (χ0) is 14.1. The largest absolute Gasteiger partial charge is 0.313 e. The van der Waals surface area contributed by atoms with Crippen molar-refractivity contribution in [3.63, 3.8) is 0 Å². The average Bonchev–Trinajstić information content (AvgIpc) is 2.42. The monoisotopic (exact) mass is 266 g/mol. The lowest BCUT2D eigenvalue weighted by Crippen LogP contribution is -2.49. The highest BCUT2D eigenvalue weighted by Crippen LogP contribution is 2.06. The lowest BCUT2D eigenvalue weighted by Gasteiger charge is -2.37. The number of nitrogens with one attached hydrogen (secondary N) is 1. The van der Waals surface area contributed by atoms with Gasteiger partial charge in [-0.2, -0.15) is 5.26 Å². The van der Waals surface area contributed by atoms with E-state index in [1.165, 1.54) is 39.1 Å². The van der Waals surface area contributed by atoms with Gasteiger partial charge in [-0.1, -0.05) is 6.92 Å². The van der Waals surface area contributed by atoms with E-state index in [4.69, 9.17) is 5.26 Å². The second-order valence-corrected chi connectivity index (χ2v) is 5.75. The third-order valence-electron chi connectivity index (χ3n) is 4.05. The van der Waals surface area contributed by atoms with Crippen LogP contribution in [0.15, 0.2) is 0 Å². The SMILES string of the molecule is CC[C@@H](CC#N)NCCCN1CCN(C(C)C)CC1. The molecule has 1 heterocycles. The van der Waals surface area contributed by atoms with Crippen LogP contribution >= 0.6 is 0 Å². The first kappa shape index (κ1) is 16.4. The summed E-state index contributed by atoms with van der Waals surface area (Å²) >= 11 is 0. The lowest BCUT2D eigenvalue weighted by molar-refractivity contribution is 0.107. The van der Waals surface area contributed by atoms with Gasteiger partial charge in [0.05, 0.1) is 12.5 Å². The number of nitrogens with zero attached hydrogens (tertiary/aromatic N) is 3. The number of rotatable bonds is 8. The summed E-state index contributed by atoms with van der Waals surface area (Å²) in [6.07, 6.45) is 2.85. The molecule has 0 aromatic carbocycles. The minimum atomic E-state index is 0.378. The summed E-state index contributed by atoms with van der Waals surface area (Å²) < 4.78 is 0. The predicted molar refractivity (Wildman–Crippen MR) is 80.1 cm³/mol. The van der Waals surface area contributed by atoms with Gasteiger partial charge in [0.1, 0.15) is 0 Å². The maximum Gasteiger partial charge on any atom is 0.0638 e. The highest BCUT2D eigenvalue weighted by Gasteiger charge is 2.18. The third-order valence-corrected chi connectivity index (χ3v) is 4.05. The molecule has 0 unspecified atom stereocenters. The molecule has 19 heavy (non-hydrogen) atoms. The van der Waals surface area contributed by atoms with Gasteiger partial charge in [0.2, 0.25) is 0 Å². The third kappa shape index (κ3) is 6.38. The molecule has 110 valence electrons. The van der Waals surface area contributed by atoms with E-state index in [0.29, 0.717) is 18.5 Å². The Labute approximate surface area is 118 Å². The summed E-state index contributed by atoms with van der Waals surface area (Å²) in [6, 6.07) is 3.30. The summed E-state index contributed by atoms with van der Waals surface area (Å²) in [7, 11) is 0. The molecule has 4 heteroatoms. The zero-order valence-corrected chi connectivity index (χ0v) is 12.9. The van der Waals surface area contributed by atoms with Gasteiger partial charge in [0, 0.05) is 38.3 Å². The van der Waals surface area contributed by atoms with E-state index in [0.717, 1.165) is 13.0 Å². The summed E-state index contributed by atoms with van der Waals surface area (Å²) in [4.78, 5) is 5.11. The fraction of sp³-hybridized carbons (Fsp3) is 0.933. The Balaban J connectivity index is 2.06. The van der Waals surface area contributed by atoms with Crippen LogP contribution in [0.4, 0.5) is 0 Å². The molecule has 4 nitrogen and oxygen atoms in total. The van der Waals surface area contributed by atoms with Gasteiger partial charge in [-0.15, -0.1) is 0 Å². The molecule has 1 aliphatic heterocycles. The molecule has 0 bridgehead atoms. The van der Waals surface area contributed by atoms with Gasteiger partial charge >= 0.3 is 0 Å². The molecular weight excluding hydrogens is 236 g/mol. The van der Waals surface area contributed by atoms with Crippen molar-refractivity contribution in [1.82, 2.24) is 15.1 Å². The Hall–Kier alpha value is -0.630. The van der Waals surface area contributed by atoms with Crippen LogP contribution in [-0.2, 0) is 0 Å². The predicted octanol–water partition coefficient (Wildman–Crippen LogP) is 1.68. The van der Waals surface area contributed by atoms with Crippen LogP contribution in [0.2, 0.25) is 0 Å². The van der Waals surface area contributed by atoms with E-state index in [-0.39, 0.29) is 0 Å². The van der Waals surface area contributed by atoms with Gasteiger partial charge in [-0.25, -0.2) is 0 Å². The molecule has 0 aromatic heterocycles. The molecule has 0 spiro atoms. The van der Waals surface area contributed by atoms with E-state index >= 15 is 0 Å². The molecule has 1 aliphatic rings. The quantitative estimate of drug-likeness (QED) is 0.679. The molecule has 0 saturated carbocycles. The van der Waals surface area contributed by atoms with Crippen LogP contribution in [0.5, 0.6) is 0 Å². The molecule has 1 saturated heterocycles. The number of piperazine rings is 1. The summed E-state index contributed by atoms with van der Waals surface area (Å²) in [5.74, 6) is 0. The van der Waals surface area contributed by atoms with Crippen LogP contribution in [0.25, 0.3) is 0 Å². The van der Waals surface area contributed by atoms with Crippen LogP contribution in [0.3, 0.4) is 0 Å². The van der Waals surface area contributed by atoms with Crippen molar-refractivity contribution >= 4 is 0 Å². The van der Waals surface area contributed by atoms with Crippen molar-refractivity contribution in [3.05, 3.63) is 0 Å². The molecule has 1 fully saturated rings. The Morgan fingerprint density at radius 2 is 1.89 bits per heavy atom. The molecule has 0 aromatic rings. The standard InChI is InChI=1S/C15H30N4/c1-4-15(6-7-16)17-8-5-9-18-10-12-19(13-11-18)14(2)3/h14-15,17H,4-6,8-13H2,1-3H3/t15-/m0/s1. The van der Waals surface area contributed by atoms with E-state index in [9.17, 15) is 0 Å². The van der Waals surface area contributed by atoms with Crippen molar-refractivity contribution in [2.75, 3.05) is 39.3 Å². The van der Waals surface area contributed by atoms with E-state index in [1.54, 1.807) is 0 Å². The molecule has 0 amide bonds. The molecule has 1 rings (SSSR count). The number of nitriles is 1. The van der Waals surface area contributed by atoms with Crippen molar-refractivity contribution in [2.24, 2.45) is 0 Å². The topological polar surface area (TPSA) is 42.3 Å². The van der Waals surface area contributed by atoms with Crippen molar-refractivity contribution < 1.29 is 0 Å². The van der Waals surface area contributed by atoms with Gasteiger partial charge in [0.15, 0.2) is 0 Å². The number of hydrogen-bond donors (Lipinski definition) is 1. The summed E-state index contributed by atoms with van der Waals surface area (Å²) in [6.45, 7) is 13.7. The van der Waals surface area contributed by atoms with Crippen molar-refractivity contribution in [2.45, 2.75) is 52.1 Å². The maximum absolute atomic E-state index is 8.69. The summed E-state index contributed by atoms with van der Waals surface area (Å²) in [5.41, 5.74) is 0. The highest BCUT2D eigenvalue weighted by molar-refractivity contribution is 4.80.